The summed E-state index contributed by atoms with van der Waals surface area (Å²) in [4.78, 5) is 38.5. The fourth-order valence-electron chi connectivity index (χ4n) is 10.8. The first-order valence-corrected chi connectivity index (χ1v) is 36.3. The van der Waals surface area contributed by atoms with Crippen molar-refractivity contribution < 1.29 is 28.6 Å². The van der Waals surface area contributed by atoms with Crippen molar-refractivity contribution in [3.63, 3.8) is 0 Å². The van der Waals surface area contributed by atoms with Crippen molar-refractivity contribution in [1.82, 2.24) is 0 Å². The molecular weight excluding hydrogens is 1010 g/mol. The second-order valence-corrected chi connectivity index (χ2v) is 24.5. The molecule has 0 amide bonds. The molecule has 82 heavy (non-hydrogen) atoms. The van der Waals surface area contributed by atoms with E-state index in [0.29, 0.717) is 19.3 Å². The summed E-state index contributed by atoms with van der Waals surface area (Å²) in [6.45, 7) is 6.64. The first-order chi connectivity index (χ1) is 40.5. The topological polar surface area (TPSA) is 78.9 Å². The third-order valence-electron chi connectivity index (χ3n) is 16.2. The normalized spacial score (nSPS) is 12.4. The summed E-state index contributed by atoms with van der Waals surface area (Å²) in [5.41, 5.74) is 0. The van der Waals surface area contributed by atoms with Crippen LogP contribution in [-0.4, -0.2) is 37.2 Å². The lowest BCUT2D eigenvalue weighted by atomic mass is 10.0. The molecule has 6 heteroatoms. The highest BCUT2D eigenvalue weighted by Gasteiger charge is 2.19. The Morgan fingerprint density at radius 2 is 0.439 bits per heavy atom. The number of hydrogen-bond acceptors (Lipinski definition) is 6. The van der Waals surface area contributed by atoms with Crippen LogP contribution in [0.15, 0.2) is 60.8 Å². The van der Waals surface area contributed by atoms with Crippen LogP contribution in [0, 0.1) is 0 Å². The number of unbranched alkanes of at least 4 members (excludes halogenated alkanes) is 46. The fraction of sp³-hybridized carbons (Fsp3) is 0.829. The number of esters is 3. The second kappa shape index (κ2) is 70.6. The van der Waals surface area contributed by atoms with E-state index in [1.165, 1.54) is 257 Å². The highest BCUT2D eigenvalue weighted by atomic mass is 16.6. The number of carbonyl (C=O) groups excluding carboxylic acids is 3. The van der Waals surface area contributed by atoms with Crippen LogP contribution in [0.4, 0.5) is 0 Å². The van der Waals surface area contributed by atoms with Crippen LogP contribution >= 0.6 is 0 Å². The first kappa shape index (κ1) is 79.1. The summed E-state index contributed by atoms with van der Waals surface area (Å²) >= 11 is 0. The van der Waals surface area contributed by atoms with Crippen molar-refractivity contribution >= 4 is 17.9 Å². The zero-order chi connectivity index (χ0) is 59.2. The van der Waals surface area contributed by atoms with E-state index < -0.39 is 6.10 Å². The van der Waals surface area contributed by atoms with Gasteiger partial charge in [0.2, 0.25) is 0 Å². The zero-order valence-corrected chi connectivity index (χ0v) is 55.0. The van der Waals surface area contributed by atoms with E-state index in [0.717, 1.165) is 89.9 Å². The van der Waals surface area contributed by atoms with Gasteiger partial charge in [-0.3, -0.25) is 14.4 Å². The SMILES string of the molecule is CCCCC/C=C\C/C=C\C/C=C\CCCCCCCCC(=O)OC(COC(=O)CCCCCCCCCCC/C=C\C/C=C\CCCCC)COC(=O)CCCCCCCCCCCCCCCCCCCCCCCCCCCC. The van der Waals surface area contributed by atoms with Gasteiger partial charge < -0.3 is 14.2 Å². The lowest BCUT2D eigenvalue weighted by Gasteiger charge is -2.18. The predicted octanol–water partition coefficient (Wildman–Crippen LogP) is 25.1. The average molecular weight is 1150 g/mol. The lowest BCUT2D eigenvalue weighted by molar-refractivity contribution is -0.167. The van der Waals surface area contributed by atoms with Gasteiger partial charge in [0.05, 0.1) is 0 Å². The third kappa shape index (κ3) is 67.9. The summed E-state index contributed by atoms with van der Waals surface area (Å²) in [5.74, 6) is -0.869. The van der Waals surface area contributed by atoms with Gasteiger partial charge in [-0.15, -0.1) is 0 Å². The molecule has 0 heterocycles. The van der Waals surface area contributed by atoms with E-state index in [4.69, 9.17) is 14.2 Å². The van der Waals surface area contributed by atoms with Gasteiger partial charge >= 0.3 is 17.9 Å². The van der Waals surface area contributed by atoms with Crippen LogP contribution in [0.5, 0.6) is 0 Å². The van der Waals surface area contributed by atoms with Gasteiger partial charge in [0, 0.05) is 19.3 Å². The molecule has 1 atom stereocenters. The Morgan fingerprint density at radius 3 is 0.707 bits per heavy atom. The molecule has 0 aliphatic heterocycles. The Bertz CT molecular complexity index is 1460. The van der Waals surface area contributed by atoms with E-state index >= 15 is 0 Å². The summed E-state index contributed by atoms with van der Waals surface area (Å²) in [5, 5.41) is 0. The molecule has 0 N–H and O–H groups in total. The molecule has 1 unspecified atom stereocenters. The molecule has 0 rings (SSSR count). The summed E-state index contributed by atoms with van der Waals surface area (Å²) in [6, 6.07) is 0. The summed E-state index contributed by atoms with van der Waals surface area (Å²) < 4.78 is 17.0. The van der Waals surface area contributed by atoms with Gasteiger partial charge in [0.15, 0.2) is 6.10 Å². The molecule has 0 aliphatic carbocycles. The Morgan fingerprint density at radius 1 is 0.244 bits per heavy atom. The van der Waals surface area contributed by atoms with Crippen LogP contribution in [0.25, 0.3) is 0 Å². The molecule has 0 aromatic carbocycles. The van der Waals surface area contributed by atoms with Gasteiger partial charge in [0.1, 0.15) is 13.2 Å². The summed E-state index contributed by atoms with van der Waals surface area (Å²) in [7, 11) is 0. The Balaban J connectivity index is 4.31. The van der Waals surface area contributed by atoms with Crippen molar-refractivity contribution in [2.24, 2.45) is 0 Å². The molecule has 0 aromatic rings. The monoisotopic (exact) mass is 1150 g/mol. The molecule has 0 bridgehead atoms. The van der Waals surface area contributed by atoms with Crippen molar-refractivity contribution in [2.75, 3.05) is 13.2 Å². The van der Waals surface area contributed by atoms with E-state index in [-0.39, 0.29) is 31.1 Å². The quantitative estimate of drug-likeness (QED) is 0.0261. The van der Waals surface area contributed by atoms with Crippen LogP contribution in [0.1, 0.15) is 387 Å². The van der Waals surface area contributed by atoms with Gasteiger partial charge in [-0.2, -0.15) is 0 Å². The van der Waals surface area contributed by atoms with Gasteiger partial charge in [0.25, 0.3) is 0 Å². The van der Waals surface area contributed by atoms with Crippen LogP contribution in [0.3, 0.4) is 0 Å². The van der Waals surface area contributed by atoms with Crippen molar-refractivity contribution in [3.8, 4) is 0 Å². The smallest absolute Gasteiger partial charge is 0.306 e. The first-order valence-electron chi connectivity index (χ1n) is 36.3. The maximum atomic E-state index is 13.0. The van der Waals surface area contributed by atoms with E-state index in [1.54, 1.807) is 0 Å². The van der Waals surface area contributed by atoms with Gasteiger partial charge in [-0.1, -0.05) is 338 Å². The second-order valence-electron chi connectivity index (χ2n) is 24.5. The van der Waals surface area contributed by atoms with E-state index in [2.05, 4.69) is 81.5 Å². The molecule has 0 saturated heterocycles. The third-order valence-corrected chi connectivity index (χ3v) is 16.2. The number of ether oxygens (including phenoxy) is 3. The number of carbonyl (C=O) groups is 3. The number of allylic oxidation sites excluding steroid dienone is 10. The lowest BCUT2D eigenvalue weighted by Crippen LogP contribution is -2.30. The van der Waals surface area contributed by atoms with E-state index in [9.17, 15) is 14.4 Å². The standard InChI is InChI=1S/C76H138O6/c1-4-7-10-13-16-19-22-25-28-31-34-35-36-37-38-39-40-43-45-48-51-54-57-60-63-66-69-75(78)81-72-73(82-76(79)70-67-64-61-58-55-52-49-46-42-33-30-27-24-21-18-15-12-9-6-3)71-80-74(77)68-65-62-59-56-53-50-47-44-41-32-29-26-23-20-17-14-11-8-5-2/h17-18,20-21,26-27,29-30,42,46,73H,4-16,19,22-25,28,31-41,43-45,47-72H2,1-3H3/b20-17-,21-18-,29-26-,30-27-,46-42-. The number of hydrogen-bond donors (Lipinski definition) is 0. The Labute approximate surface area is 510 Å². The van der Waals surface area contributed by atoms with Gasteiger partial charge in [-0.25, -0.2) is 0 Å². The molecular formula is C76H138O6. The molecule has 0 aliphatic rings. The molecule has 478 valence electrons. The molecule has 0 spiro atoms. The Hall–Kier alpha value is -2.89. The molecule has 0 fully saturated rings. The van der Waals surface area contributed by atoms with Crippen molar-refractivity contribution in [1.29, 1.82) is 0 Å². The largest absolute Gasteiger partial charge is 0.462 e. The fourth-order valence-corrected chi connectivity index (χ4v) is 10.8. The summed E-state index contributed by atoms with van der Waals surface area (Å²) in [6.07, 6.45) is 91.0. The van der Waals surface area contributed by atoms with Crippen LogP contribution in [0.2, 0.25) is 0 Å². The minimum absolute atomic E-state index is 0.0772. The minimum atomic E-state index is -0.784. The Kier molecular flexibility index (Phi) is 68.1. The molecule has 0 saturated carbocycles. The molecule has 0 radical (unpaired) electrons. The van der Waals surface area contributed by atoms with Crippen molar-refractivity contribution in [3.05, 3.63) is 60.8 Å². The van der Waals surface area contributed by atoms with Crippen molar-refractivity contribution in [2.45, 2.75) is 393 Å². The van der Waals surface area contributed by atoms with Gasteiger partial charge in [-0.05, 0) is 89.9 Å². The van der Waals surface area contributed by atoms with Crippen LogP contribution in [-0.2, 0) is 28.6 Å². The highest BCUT2D eigenvalue weighted by molar-refractivity contribution is 5.71. The zero-order valence-electron chi connectivity index (χ0n) is 55.0. The highest BCUT2D eigenvalue weighted by Crippen LogP contribution is 2.18. The number of rotatable bonds is 67. The maximum Gasteiger partial charge on any atom is 0.306 e. The molecule has 0 aromatic heterocycles. The van der Waals surface area contributed by atoms with Crippen LogP contribution < -0.4 is 0 Å². The van der Waals surface area contributed by atoms with E-state index in [1.807, 2.05) is 0 Å². The molecule has 6 nitrogen and oxygen atoms in total. The minimum Gasteiger partial charge on any atom is -0.462 e. The average Bonchev–Trinajstić information content (AvgIpc) is 3.48. The maximum absolute atomic E-state index is 13.0. The predicted molar refractivity (Wildman–Crippen MR) is 358 cm³/mol.